The summed E-state index contributed by atoms with van der Waals surface area (Å²) < 4.78 is 22.0. The summed E-state index contributed by atoms with van der Waals surface area (Å²) in [6.45, 7) is 14.4. The summed E-state index contributed by atoms with van der Waals surface area (Å²) in [6.07, 6.45) is 2.58. The number of aliphatic hydroxyl groups is 1. The van der Waals surface area contributed by atoms with E-state index in [1.165, 1.54) is 0 Å². The molecular formula is C37H60N2O6. The van der Waals surface area contributed by atoms with Crippen molar-refractivity contribution < 1.29 is 28.8 Å². The molecule has 0 bridgehead atoms. The summed E-state index contributed by atoms with van der Waals surface area (Å²) in [7, 11) is 4.99. The molecule has 45 heavy (non-hydrogen) atoms. The Kier molecular flexibility index (Phi) is 16.2. The van der Waals surface area contributed by atoms with E-state index in [2.05, 4.69) is 45.1 Å². The van der Waals surface area contributed by atoms with Gasteiger partial charge in [-0.3, -0.25) is 4.79 Å². The number of rotatable bonds is 21. The number of methoxy groups -OCH3 is 3. The molecule has 0 heterocycles. The lowest BCUT2D eigenvalue weighted by atomic mass is 9.80. The van der Waals surface area contributed by atoms with Crippen molar-refractivity contribution in [2.75, 3.05) is 41.1 Å². The number of amides is 1. The van der Waals surface area contributed by atoms with E-state index in [-0.39, 0.29) is 29.1 Å². The van der Waals surface area contributed by atoms with Crippen molar-refractivity contribution in [2.45, 2.75) is 85.8 Å². The van der Waals surface area contributed by atoms with Gasteiger partial charge in [0.05, 0.1) is 26.9 Å². The Labute approximate surface area is 272 Å². The predicted octanol–water partition coefficient (Wildman–Crippen LogP) is 6.06. The van der Waals surface area contributed by atoms with E-state index in [1.807, 2.05) is 44.2 Å². The van der Waals surface area contributed by atoms with Crippen LogP contribution in [0.2, 0.25) is 0 Å². The molecule has 0 aliphatic heterocycles. The van der Waals surface area contributed by atoms with E-state index in [9.17, 15) is 9.90 Å². The Morgan fingerprint density at radius 1 is 0.911 bits per heavy atom. The molecular weight excluding hydrogens is 568 g/mol. The van der Waals surface area contributed by atoms with Gasteiger partial charge in [-0.15, -0.1) is 0 Å². The van der Waals surface area contributed by atoms with Crippen LogP contribution < -0.4 is 25.3 Å². The molecule has 2 aromatic carbocycles. The van der Waals surface area contributed by atoms with Crippen molar-refractivity contribution in [3.63, 3.8) is 0 Å². The van der Waals surface area contributed by atoms with E-state index in [0.29, 0.717) is 44.3 Å². The average Bonchev–Trinajstić information content (AvgIpc) is 3.00. The van der Waals surface area contributed by atoms with Crippen LogP contribution in [0.5, 0.6) is 17.2 Å². The standard InChI is InChI=1S/C37H60N2O6/c1-25(2)29(18-27-14-15-34(44-9)35(20-27)45-17-11-16-42-7)21-32(38)33(40)22-31(26(3)4)36(41)39-24-37(5,6)23-28-12-10-13-30(19-28)43-8/h10,12-15,19-20,25-26,29,31-33,40H,11,16-18,21-24,38H2,1-9H3,(H,39,41)/t29-,31-,32-,33-/m0/s1. The summed E-state index contributed by atoms with van der Waals surface area (Å²) in [5.74, 6) is 2.54. The summed E-state index contributed by atoms with van der Waals surface area (Å²) in [5.41, 5.74) is 8.77. The Hall–Kier alpha value is -2.81. The third kappa shape index (κ3) is 13.2. The molecule has 2 rings (SSSR count). The predicted molar refractivity (Wildman–Crippen MR) is 182 cm³/mol. The first kappa shape index (κ1) is 38.4. The van der Waals surface area contributed by atoms with Gasteiger partial charge >= 0.3 is 0 Å². The van der Waals surface area contributed by atoms with Gasteiger partial charge < -0.3 is 35.1 Å². The zero-order valence-corrected chi connectivity index (χ0v) is 29.2. The highest BCUT2D eigenvalue weighted by atomic mass is 16.5. The third-order valence-corrected chi connectivity index (χ3v) is 8.68. The number of ether oxygens (including phenoxy) is 4. The molecule has 1 amide bonds. The van der Waals surface area contributed by atoms with E-state index in [0.717, 1.165) is 41.9 Å². The summed E-state index contributed by atoms with van der Waals surface area (Å²) >= 11 is 0. The zero-order chi connectivity index (χ0) is 33.6. The minimum absolute atomic E-state index is 0.0355. The van der Waals surface area contributed by atoms with Crippen molar-refractivity contribution in [2.24, 2.45) is 34.8 Å². The van der Waals surface area contributed by atoms with Gasteiger partial charge in [0.2, 0.25) is 5.91 Å². The molecule has 0 saturated heterocycles. The lowest BCUT2D eigenvalue weighted by Gasteiger charge is -2.31. The fourth-order valence-electron chi connectivity index (χ4n) is 5.72. The van der Waals surface area contributed by atoms with Gasteiger partial charge in [0, 0.05) is 38.6 Å². The molecule has 0 spiro atoms. The summed E-state index contributed by atoms with van der Waals surface area (Å²) in [4.78, 5) is 13.4. The fourth-order valence-corrected chi connectivity index (χ4v) is 5.72. The highest BCUT2D eigenvalue weighted by molar-refractivity contribution is 5.79. The molecule has 4 N–H and O–H groups in total. The van der Waals surface area contributed by atoms with Crippen molar-refractivity contribution in [1.82, 2.24) is 5.32 Å². The van der Waals surface area contributed by atoms with Crippen molar-refractivity contribution in [3.8, 4) is 17.2 Å². The van der Waals surface area contributed by atoms with E-state index in [4.69, 9.17) is 24.7 Å². The van der Waals surface area contributed by atoms with Crippen LogP contribution in [-0.2, 0) is 22.4 Å². The normalized spacial score (nSPS) is 14.6. The fraction of sp³-hybridized carbons (Fsp3) is 0.649. The van der Waals surface area contributed by atoms with Gasteiger partial charge in [-0.1, -0.05) is 59.7 Å². The topological polar surface area (TPSA) is 112 Å². The van der Waals surface area contributed by atoms with E-state index < -0.39 is 12.1 Å². The minimum atomic E-state index is -0.787. The van der Waals surface area contributed by atoms with Gasteiger partial charge in [0.15, 0.2) is 11.5 Å². The van der Waals surface area contributed by atoms with Gasteiger partial charge in [0.1, 0.15) is 5.75 Å². The number of nitrogens with two attached hydrogens (primary N) is 1. The highest BCUT2D eigenvalue weighted by Crippen LogP contribution is 2.32. The molecule has 0 aliphatic carbocycles. The number of hydrogen-bond donors (Lipinski definition) is 3. The van der Waals surface area contributed by atoms with Crippen LogP contribution in [0, 0.1) is 29.1 Å². The number of aliphatic hydroxyl groups excluding tert-OH is 1. The summed E-state index contributed by atoms with van der Waals surface area (Å²) in [6, 6.07) is 13.6. The smallest absolute Gasteiger partial charge is 0.223 e. The van der Waals surface area contributed by atoms with E-state index in [1.54, 1.807) is 21.3 Å². The number of benzene rings is 2. The number of hydrogen-bond acceptors (Lipinski definition) is 7. The van der Waals surface area contributed by atoms with E-state index >= 15 is 0 Å². The lowest BCUT2D eigenvalue weighted by molar-refractivity contribution is -0.128. The molecule has 0 saturated carbocycles. The Bertz CT molecular complexity index is 1150. The van der Waals surface area contributed by atoms with Crippen LogP contribution in [-0.4, -0.2) is 64.2 Å². The molecule has 0 unspecified atom stereocenters. The third-order valence-electron chi connectivity index (χ3n) is 8.68. The molecule has 254 valence electrons. The Balaban J connectivity index is 2.00. The molecule has 8 nitrogen and oxygen atoms in total. The number of carbonyl (C=O) groups excluding carboxylic acids is 1. The molecule has 0 aromatic heterocycles. The first-order chi connectivity index (χ1) is 21.3. The maximum Gasteiger partial charge on any atom is 0.223 e. The van der Waals surface area contributed by atoms with Gasteiger partial charge in [0.25, 0.3) is 0 Å². The van der Waals surface area contributed by atoms with Crippen LogP contribution in [0.15, 0.2) is 42.5 Å². The maximum atomic E-state index is 13.4. The molecule has 0 aliphatic rings. The van der Waals surface area contributed by atoms with Crippen molar-refractivity contribution in [3.05, 3.63) is 53.6 Å². The van der Waals surface area contributed by atoms with Crippen molar-refractivity contribution >= 4 is 5.91 Å². The summed E-state index contributed by atoms with van der Waals surface area (Å²) in [5, 5.41) is 14.4. The Morgan fingerprint density at radius 2 is 1.64 bits per heavy atom. The largest absolute Gasteiger partial charge is 0.497 e. The van der Waals surface area contributed by atoms with Gasteiger partial charge in [-0.25, -0.2) is 0 Å². The molecule has 0 fully saturated rings. The second-order valence-electron chi connectivity index (χ2n) is 13.9. The SMILES string of the molecule is COCCCOc1cc(C[C@@H](C[C@H](N)[C@@H](O)C[C@H](C(=O)NCC(C)(C)Cc2cccc(OC)c2)C(C)C)C(C)C)ccc1OC. The lowest BCUT2D eigenvalue weighted by Crippen LogP contribution is -2.44. The first-order valence-electron chi connectivity index (χ1n) is 16.4. The van der Waals surface area contributed by atoms with Crippen molar-refractivity contribution in [1.29, 1.82) is 0 Å². The van der Waals surface area contributed by atoms with Crippen LogP contribution in [0.3, 0.4) is 0 Å². The van der Waals surface area contributed by atoms with Crippen LogP contribution >= 0.6 is 0 Å². The quantitative estimate of drug-likeness (QED) is 0.144. The zero-order valence-electron chi connectivity index (χ0n) is 29.2. The Morgan fingerprint density at radius 3 is 2.27 bits per heavy atom. The second kappa shape index (κ2) is 19.0. The number of carbonyl (C=O) groups is 1. The van der Waals surface area contributed by atoms with Crippen LogP contribution in [0.4, 0.5) is 0 Å². The highest BCUT2D eigenvalue weighted by Gasteiger charge is 2.31. The molecule has 0 radical (unpaired) electrons. The van der Waals surface area contributed by atoms with Gasteiger partial charge in [-0.2, -0.15) is 0 Å². The average molecular weight is 629 g/mol. The number of nitrogens with one attached hydrogen (secondary N) is 1. The van der Waals surface area contributed by atoms with Gasteiger partial charge in [-0.05, 0) is 84.2 Å². The molecule has 4 atom stereocenters. The molecule has 8 heteroatoms. The first-order valence-corrected chi connectivity index (χ1v) is 16.4. The minimum Gasteiger partial charge on any atom is -0.497 e. The maximum absolute atomic E-state index is 13.4. The van der Waals surface area contributed by atoms with Crippen LogP contribution in [0.25, 0.3) is 0 Å². The van der Waals surface area contributed by atoms with Crippen LogP contribution in [0.1, 0.15) is 71.9 Å². The molecule has 2 aromatic rings. The second-order valence-corrected chi connectivity index (χ2v) is 13.9. The monoisotopic (exact) mass is 628 g/mol.